The van der Waals surface area contributed by atoms with Crippen molar-refractivity contribution < 1.29 is 0 Å². The summed E-state index contributed by atoms with van der Waals surface area (Å²) in [5, 5.41) is 3.57. The molecule has 0 heterocycles. The Labute approximate surface area is 124 Å². The van der Waals surface area contributed by atoms with E-state index < -0.39 is 0 Å². The smallest absolute Gasteiger partial charge is 0.0323 e. The third-order valence-electron chi connectivity index (χ3n) is 3.29. The molecule has 0 saturated heterocycles. The summed E-state index contributed by atoms with van der Waals surface area (Å²) >= 11 is 3.49. The molecule has 19 heavy (non-hydrogen) atoms. The van der Waals surface area contributed by atoms with Gasteiger partial charge >= 0.3 is 0 Å². The Morgan fingerprint density at radius 1 is 1.00 bits per heavy atom. The molecule has 0 amide bonds. The van der Waals surface area contributed by atoms with Crippen molar-refractivity contribution in [2.24, 2.45) is 0 Å². The molecule has 0 bridgehead atoms. The van der Waals surface area contributed by atoms with Gasteiger partial charge in [-0.2, -0.15) is 0 Å². The first-order valence-electron chi connectivity index (χ1n) is 6.82. The Morgan fingerprint density at radius 3 is 2.32 bits per heavy atom. The molecule has 2 aromatic rings. The average Bonchev–Trinajstić information content (AvgIpc) is 2.46. The van der Waals surface area contributed by atoms with Crippen molar-refractivity contribution in [3.8, 4) is 0 Å². The molecule has 100 valence electrons. The molecule has 2 aromatic carbocycles. The van der Waals surface area contributed by atoms with Crippen molar-refractivity contribution in [2.45, 2.75) is 25.8 Å². The molecule has 0 radical (unpaired) electrons. The van der Waals surface area contributed by atoms with Gasteiger partial charge < -0.3 is 5.32 Å². The summed E-state index contributed by atoms with van der Waals surface area (Å²) in [6.07, 6.45) is 2.23. The van der Waals surface area contributed by atoms with Crippen molar-refractivity contribution in [1.29, 1.82) is 0 Å². The van der Waals surface area contributed by atoms with Crippen LogP contribution >= 0.6 is 15.9 Å². The average molecular weight is 318 g/mol. The SMILES string of the molecule is CCNC(CCc1ccccc1)c1ccc(Br)cc1. The Kier molecular flexibility index (Phi) is 5.62. The lowest BCUT2D eigenvalue weighted by Crippen LogP contribution is -2.21. The van der Waals surface area contributed by atoms with Crippen molar-refractivity contribution in [1.82, 2.24) is 5.32 Å². The lowest BCUT2D eigenvalue weighted by atomic mass is 9.99. The standard InChI is InChI=1S/C17H20BrN/c1-2-19-17(15-9-11-16(18)12-10-15)13-8-14-6-4-3-5-7-14/h3-7,9-12,17,19H,2,8,13H2,1H3. The van der Waals surface area contributed by atoms with Gasteiger partial charge in [-0.1, -0.05) is 65.3 Å². The predicted octanol–water partition coefficient (Wildman–Crippen LogP) is 4.73. The summed E-state index contributed by atoms with van der Waals surface area (Å²) in [5.41, 5.74) is 2.77. The first-order valence-corrected chi connectivity index (χ1v) is 7.61. The highest BCUT2D eigenvalue weighted by molar-refractivity contribution is 9.10. The number of benzene rings is 2. The van der Waals surface area contributed by atoms with E-state index in [0.29, 0.717) is 6.04 Å². The van der Waals surface area contributed by atoms with Gasteiger partial charge in [0.05, 0.1) is 0 Å². The van der Waals surface area contributed by atoms with E-state index >= 15 is 0 Å². The fraction of sp³-hybridized carbons (Fsp3) is 0.294. The molecule has 0 saturated carbocycles. The van der Waals surface area contributed by atoms with Crippen LogP contribution < -0.4 is 5.32 Å². The Morgan fingerprint density at radius 2 is 1.68 bits per heavy atom. The second-order valence-corrected chi connectivity index (χ2v) is 5.60. The molecule has 0 aliphatic heterocycles. The number of aryl methyl sites for hydroxylation is 1. The number of hydrogen-bond donors (Lipinski definition) is 1. The third kappa shape index (κ3) is 4.48. The van der Waals surface area contributed by atoms with Crippen molar-refractivity contribution in [3.63, 3.8) is 0 Å². The van der Waals surface area contributed by atoms with Crippen molar-refractivity contribution in [3.05, 3.63) is 70.2 Å². The van der Waals surface area contributed by atoms with Crippen molar-refractivity contribution >= 4 is 15.9 Å². The van der Waals surface area contributed by atoms with Gasteiger partial charge in [0.15, 0.2) is 0 Å². The first-order chi connectivity index (χ1) is 9.29. The van der Waals surface area contributed by atoms with Gasteiger partial charge in [0, 0.05) is 10.5 Å². The summed E-state index contributed by atoms with van der Waals surface area (Å²) in [5.74, 6) is 0. The highest BCUT2D eigenvalue weighted by Gasteiger charge is 2.10. The minimum Gasteiger partial charge on any atom is -0.310 e. The van der Waals surface area contributed by atoms with Crippen LogP contribution in [-0.2, 0) is 6.42 Å². The lowest BCUT2D eigenvalue weighted by Gasteiger charge is -2.18. The van der Waals surface area contributed by atoms with Gasteiger partial charge in [-0.15, -0.1) is 0 Å². The lowest BCUT2D eigenvalue weighted by molar-refractivity contribution is 0.515. The summed E-state index contributed by atoms with van der Waals surface area (Å²) in [6.45, 7) is 3.16. The largest absolute Gasteiger partial charge is 0.310 e. The molecule has 1 N–H and O–H groups in total. The van der Waals surface area contributed by atoms with Gasteiger partial charge in [0.2, 0.25) is 0 Å². The number of hydrogen-bond acceptors (Lipinski definition) is 1. The maximum Gasteiger partial charge on any atom is 0.0323 e. The normalized spacial score (nSPS) is 12.3. The van der Waals surface area contributed by atoms with Gasteiger partial charge in [-0.3, -0.25) is 0 Å². The van der Waals surface area contributed by atoms with Gasteiger partial charge in [-0.25, -0.2) is 0 Å². The van der Waals surface area contributed by atoms with E-state index in [1.54, 1.807) is 0 Å². The van der Waals surface area contributed by atoms with Crippen LogP contribution in [-0.4, -0.2) is 6.54 Å². The Balaban J connectivity index is 2.02. The number of nitrogens with one attached hydrogen (secondary N) is 1. The topological polar surface area (TPSA) is 12.0 Å². The van der Waals surface area contributed by atoms with Crippen LogP contribution in [0.3, 0.4) is 0 Å². The van der Waals surface area contributed by atoms with Crippen LogP contribution in [0.2, 0.25) is 0 Å². The summed E-state index contributed by atoms with van der Waals surface area (Å²) in [7, 11) is 0. The molecule has 1 unspecified atom stereocenters. The maximum atomic E-state index is 3.57. The quantitative estimate of drug-likeness (QED) is 0.812. The van der Waals surface area contributed by atoms with Crippen LogP contribution in [0.15, 0.2) is 59.1 Å². The maximum absolute atomic E-state index is 3.57. The van der Waals surface area contributed by atoms with E-state index in [-0.39, 0.29) is 0 Å². The van der Waals surface area contributed by atoms with E-state index in [9.17, 15) is 0 Å². The molecule has 0 aliphatic rings. The van der Waals surface area contributed by atoms with E-state index in [1.807, 2.05) is 0 Å². The number of halogens is 1. The highest BCUT2D eigenvalue weighted by atomic mass is 79.9. The monoisotopic (exact) mass is 317 g/mol. The zero-order valence-electron chi connectivity index (χ0n) is 11.3. The van der Waals surface area contributed by atoms with Gasteiger partial charge in [0.1, 0.15) is 0 Å². The molecule has 0 aromatic heterocycles. The minimum atomic E-state index is 0.429. The van der Waals surface area contributed by atoms with E-state index in [4.69, 9.17) is 0 Å². The van der Waals surface area contributed by atoms with E-state index in [2.05, 4.69) is 82.8 Å². The zero-order chi connectivity index (χ0) is 13.5. The molecular formula is C17H20BrN. The first kappa shape index (κ1) is 14.3. The Hall–Kier alpha value is -1.12. The molecule has 2 rings (SSSR count). The molecule has 0 spiro atoms. The van der Waals surface area contributed by atoms with E-state index in [1.165, 1.54) is 11.1 Å². The van der Waals surface area contributed by atoms with Gasteiger partial charge in [0.25, 0.3) is 0 Å². The summed E-state index contributed by atoms with van der Waals surface area (Å²) < 4.78 is 1.13. The second-order valence-electron chi connectivity index (χ2n) is 4.69. The fourth-order valence-corrected chi connectivity index (χ4v) is 2.55. The molecule has 1 atom stereocenters. The molecule has 1 nitrogen and oxygen atoms in total. The third-order valence-corrected chi connectivity index (χ3v) is 3.82. The van der Waals surface area contributed by atoms with Crippen LogP contribution in [0.25, 0.3) is 0 Å². The van der Waals surface area contributed by atoms with Crippen LogP contribution in [0.4, 0.5) is 0 Å². The van der Waals surface area contributed by atoms with Crippen LogP contribution in [0.1, 0.15) is 30.5 Å². The summed E-state index contributed by atoms with van der Waals surface area (Å²) in [4.78, 5) is 0. The predicted molar refractivity (Wildman–Crippen MR) is 85.3 cm³/mol. The van der Waals surface area contributed by atoms with Crippen LogP contribution in [0.5, 0.6) is 0 Å². The van der Waals surface area contributed by atoms with Gasteiger partial charge in [-0.05, 0) is 42.6 Å². The zero-order valence-corrected chi connectivity index (χ0v) is 12.9. The molecular weight excluding hydrogens is 298 g/mol. The summed E-state index contributed by atoms with van der Waals surface area (Å²) in [6, 6.07) is 19.7. The molecule has 0 aliphatic carbocycles. The van der Waals surface area contributed by atoms with Crippen LogP contribution in [0, 0.1) is 0 Å². The van der Waals surface area contributed by atoms with E-state index in [0.717, 1.165) is 23.9 Å². The van der Waals surface area contributed by atoms with Crippen molar-refractivity contribution in [2.75, 3.05) is 6.54 Å². The molecule has 2 heteroatoms. The number of rotatable bonds is 6. The minimum absolute atomic E-state index is 0.429. The fourth-order valence-electron chi connectivity index (χ4n) is 2.28. The Bertz CT molecular complexity index is 478. The highest BCUT2D eigenvalue weighted by Crippen LogP contribution is 2.21. The second kappa shape index (κ2) is 7.46. The molecule has 0 fully saturated rings.